The maximum Gasteiger partial charge on any atom is 0.178 e. The predicted molar refractivity (Wildman–Crippen MR) is 132 cm³/mol. The van der Waals surface area contributed by atoms with Gasteiger partial charge in [-0.15, -0.1) is 5.10 Å². The molecule has 5 aromatic rings. The zero-order valence-electron chi connectivity index (χ0n) is 19.2. The third-order valence-corrected chi connectivity index (χ3v) is 6.29. The fourth-order valence-electron chi connectivity index (χ4n) is 4.68. The molecule has 0 saturated carbocycles. The molecule has 0 radical (unpaired) electrons. The molecule has 6 heteroatoms. The molecule has 0 saturated heterocycles. The summed E-state index contributed by atoms with van der Waals surface area (Å²) in [5.74, 6) is 0.786. The van der Waals surface area contributed by atoms with Crippen LogP contribution in [0.3, 0.4) is 0 Å². The molecule has 1 atom stereocenters. The second kappa shape index (κ2) is 9.00. The Kier molecular flexibility index (Phi) is 5.75. The van der Waals surface area contributed by atoms with Crippen molar-refractivity contribution in [2.75, 3.05) is 6.54 Å². The molecule has 2 N–H and O–H groups in total. The number of tetrazole rings is 1. The van der Waals surface area contributed by atoms with E-state index in [9.17, 15) is 0 Å². The van der Waals surface area contributed by atoms with E-state index in [4.69, 9.17) is 0 Å². The highest BCUT2D eigenvalue weighted by Gasteiger charge is 2.23. The Morgan fingerprint density at radius 1 is 0.879 bits per heavy atom. The molecule has 6 nitrogen and oxygen atoms in total. The molecule has 0 aliphatic rings. The van der Waals surface area contributed by atoms with Crippen molar-refractivity contribution in [3.05, 3.63) is 107 Å². The van der Waals surface area contributed by atoms with E-state index in [0.29, 0.717) is 0 Å². The summed E-state index contributed by atoms with van der Waals surface area (Å²) in [4.78, 5) is 3.50. The number of hydrogen-bond donors (Lipinski definition) is 2. The van der Waals surface area contributed by atoms with Gasteiger partial charge < -0.3 is 10.3 Å². The molecule has 0 fully saturated rings. The molecule has 0 spiro atoms. The Morgan fingerprint density at radius 3 is 2.39 bits per heavy atom. The number of para-hydroxylation sites is 2. The van der Waals surface area contributed by atoms with Gasteiger partial charge in [0, 0.05) is 23.1 Å². The van der Waals surface area contributed by atoms with Crippen LogP contribution in [-0.2, 0) is 6.42 Å². The van der Waals surface area contributed by atoms with E-state index >= 15 is 0 Å². The minimum atomic E-state index is -0.134. The van der Waals surface area contributed by atoms with Crippen LogP contribution in [0.4, 0.5) is 0 Å². The molecule has 0 amide bonds. The minimum absolute atomic E-state index is 0.134. The van der Waals surface area contributed by atoms with Crippen molar-refractivity contribution in [2.24, 2.45) is 0 Å². The lowest BCUT2D eigenvalue weighted by Crippen LogP contribution is -2.28. The molecule has 5 rings (SSSR count). The van der Waals surface area contributed by atoms with E-state index < -0.39 is 0 Å². The van der Waals surface area contributed by atoms with Crippen LogP contribution in [0.5, 0.6) is 0 Å². The summed E-state index contributed by atoms with van der Waals surface area (Å²) in [5, 5.41) is 17.9. The predicted octanol–water partition coefficient (Wildman–Crippen LogP) is 4.99. The minimum Gasteiger partial charge on any atom is -0.358 e. The normalized spacial score (nSPS) is 12.3. The van der Waals surface area contributed by atoms with Crippen LogP contribution in [0.25, 0.3) is 16.6 Å². The average molecular weight is 437 g/mol. The highest BCUT2D eigenvalue weighted by Crippen LogP contribution is 2.26. The average Bonchev–Trinajstić information content (AvgIpc) is 3.41. The van der Waals surface area contributed by atoms with Crippen LogP contribution >= 0.6 is 0 Å². The third-order valence-electron chi connectivity index (χ3n) is 6.29. The number of benzene rings is 3. The van der Waals surface area contributed by atoms with Crippen LogP contribution in [0.2, 0.25) is 0 Å². The molecule has 2 heterocycles. The highest BCUT2D eigenvalue weighted by molar-refractivity contribution is 5.84. The number of aryl methyl sites for hydroxylation is 3. The van der Waals surface area contributed by atoms with Crippen molar-refractivity contribution < 1.29 is 0 Å². The SMILES string of the molecule is Cc1cccc(C)c1-n1nnnc1[C@@H](NCCc1c(C)[nH]c2ccccc12)c1ccccc1. The second-order valence-corrected chi connectivity index (χ2v) is 8.51. The van der Waals surface area contributed by atoms with Crippen molar-refractivity contribution in [1.29, 1.82) is 0 Å². The zero-order valence-corrected chi connectivity index (χ0v) is 19.2. The number of rotatable bonds is 7. The van der Waals surface area contributed by atoms with Gasteiger partial charge in [-0.2, -0.15) is 4.68 Å². The van der Waals surface area contributed by atoms with Crippen LogP contribution in [0, 0.1) is 20.8 Å². The summed E-state index contributed by atoms with van der Waals surface area (Å²) in [6.07, 6.45) is 0.907. The number of H-pyrrole nitrogens is 1. The first-order valence-electron chi connectivity index (χ1n) is 11.3. The Balaban J connectivity index is 1.48. The Bertz CT molecular complexity index is 1360. The van der Waals surface area contributed by atoms with Gasteiger partial charge in [-0.3, -0.25) is 0 Å². The zero-order chi connectivity index (χ0) is 22.8. The number of fused-ring (bicyclic) bond motifs is 1. The van der Waals surface area contributed by atoms with Crippen molar-refractivity contribution >= 4 is 10.9 Å². The van der Waals surface area contributed by atoms with Crippen molar-refractivity contribution in [2.45, 2.75) is 33.2 Å². The summed E-state index contributed by atoms with van der Waals surface area (Å²) < 4.78 is 1.88. The van der Waals surface area contributed by atoms with Crippen LogP contribution in [0.1, 0.15) is 39.8 Å². The van der Waals surface area contributed by atoms with Crippen molar-refractivity contribution in [1.82, 2.24) is 30.5 Å². The lowest BCUT2D eigenvalue weighted by Gasteiger charge is -2.20. The monoisotopic (exact) mass is 436 g/mol. The van der Waals surface area contributed by atoms with E-state index in [0.717, 1.165) is 41.2 Å². The lowest BCUT2D eigenvalue weighted by atomic mass is 10.0. The summed E-state index contributed by atoms with van der Waals surface area (Å²) in [6.45, 7) is 7.13. The van der Waals surface area contributed by atoms with Crippen LogP contribution in [-0.4, -0.2) is 31.7 Å². The van der Waals surface area contributed by atoms with E-state index in [2.05, 4.69) is 113 Å². The first-order chi connectivity index (χ1) is 16.1. The van der Waals surface area contributed by atoms with E-state index in [1.807, 2.05) is 10.7 Å². The smallest absolute Gasteiger partial charge is 0.178 e. The largest absolute Gasteiger partial charge is 0.358 e. The molecule has 3 aromatic carbocycles. The quantitative estimate of drug-likeness (QED) is 0.377. The molecular weight excluding hydrogens is 408 g/mol. The van der Waals surface area contributed by atoms with Gasteiger partial charge in [0.2, 0.25) is 0 Å². The first-order valence-corrected chi connectivity index (χ1v) is 11.3. The number of nitrogens with zero attached hydrogens (tertiary/aromatic N) is 4. The number of aromatic amines is 1. The van der Waals surface area contributed by atoms with Crippen molar-refractivity contribution in [3.8, 4) is 5.69 Å². The summed E-state index contributed by atoms with van der Waals surface area (Å²) >= 11 is 0. The Hall–Kier alpha value is -3.77. The third kappa shape index (κ3) is 4.05. The maximum atomic E-state index is 4.47. The van der Waals surface area contributed by atoms with Gasteiger partial charge in [0.15, 0.2) is 5.82 Å². The standard InChI is InChI=1S/C27H28N6/c1-18-10-9-11-19(2)26(18)33-27(30-31-32-33)25(21-12-5-4-6-13-21)28-17-16-22-20(3)29-24-15-8-7-14-23(22)24/h4-15,25,28-29H,16-17H2,1-3H3/t25-/m0/s1. The van der Waals surface area contributed by atoms with Gasteiger partial charge in [-0.05, 0) is 65.9 Å². The number of hydrogen-bond acceptors (Lipinski definition) is 4. The van der Waals surface area contributed by atoms with Gasteiger partial charge >= 0.3 is 0 Å². The number of nitrogens with one attached hydrogen (secondary N) is 2. The molecule has 166 valence electrons. The molecule has 2 aromatic heterocycles. The van der Waals surface area contributed by atoms with Gasteiger partial charge in [0.25, 0.3) is 0 Å². The van der Waals surface area contributed by atoms with Gasteiger partial charge in [0.05, 0.1) is 11.7 Å². The van der Waals surface area contributed by atoms with E-state index in [1.165, 1.54) is 22.2 Å². The topological polar surface area (TPSA) is 71.4 Å². The molecule has 0 bridgehead atoms. The van der Waals surface area contributed by atoms with Crippen LogP contribution < -0.4 is 5.32 Å². The summed E-state index contributed by atoms with van der Waals surface area (Å²) in [5.41, 5.74) is 8.20. The highest BCUT2D eigenvalue weighted by atomic mass is 15.5. The molecule has 0 unspecified atom stereocenters. The summed E-state index contributed by atoms with van der Waals surface area (Å²) in [6, 6.07) is 25.0. The Morgan fingerprint density at radius 2 is 1.61 bits per heavy atom. The first kappa shape index (κ1) is 21.1. The van der Waals surface area contributed by atoms with Gasteiger partial charge in [-0.1, -0.05) is 66.7 Å². The second-order valence-electron chi connectivity index (χ2n) is 8.51. The molecule has 0 aliphatic carbocycles. The maximum absolute atomic E-state index is 4.47. The number of aromatic nitrogens is 5. The molecule has 33 heavy (non-hydrogen) atoms. The van der Waals surface area contributed by atoms with Crippen molar-refractivity contribution in [3.63, 3.8) is 0 Å². The Labute approximate surface area is 193 Å². The van der Waals surface area contributed by atoms with E-state index in [-0.39, 0.29) is 6.04 Å². The van der Waals surface area contributed by atoms with Gasteiger partial charge in [0.1, 0.15) is 0 Å². The van der Waals surface area contributed by atoms with Gasteiger partial charge in [-0.25, -0.2) is 0 Å². The molecular formula is C27H28N6. The van der Waals surface area contributed by atoms with Crippen LogP contribution in [0.15, 0.2) is 72.8 Å². The fourth-order valence-corrected chi connectivity index (χ4v) is 4.68. The van der Waals surface area contributed by atoms with E-state index in [1.54, 1.807) is 0 Å². The lowest BCUT2D eigenvalue weighted by molar-refractivity contribution is 0.562. The summed E-state index contributed by atoms with van der Waals surface area (Å²) in [7, 11) is 0. The molecule has 0 aliphatic heterocycles. The fraction of sp³-hybridized carbons (Fsp3) is 0.222.